The molecule has 1 N–H and O–H groups in total. The van der Waals surface area contributed by atoms with Gasteiger partial charge in [0.15, 0.2) is 0 Å². The van der Waals surface area contributed by atoms with Gasteiger partial charge in [0.05, 0.1) is 11.4 Å². The van der Waals surface area contributed by atoms with E-state index >= 15 is 0 Å². The van der Waals surface area contributed by atoms with Crippen molar-refractivity contribution in [1.82, 2.24) is 14.5 Å². The molecule has 0 saturated carbocycles. The number of hydrogen-bond donors (Lipinski definition) is 1. The third-order valence-corrected chi connectivity index (χ3v) is 6.97. The second-order valence-electron chi connectivity index (χ2n) is 5.29. The number of sulfonamides is 1. The summed E-state index contributed by atoms with van der Waals surface area (Å²) >= 11 is 3.50. The first-order chi connectivity index (χ1) is 9.23. The fourth-order valence-electron chi connectivity index (χ4n) is 2.20. The van der Waals surface area contributed by atoms with Crippen molar-refractivity contribution in [3.8, 4) is 0 Å². The van der Waals surface area contributed by atoms with Crippen LogP contribution in [0, 0.1) is 19.3 Å². The quantitative estimate of drug-likeness (QED) is 0.755. The third-order valence-electron chi connectivity index (χ3n) is 4.13. The highest BCUT2D eigenvalue weighted by Gasteiger charge is 2.29. The van der Waals surface area contributed by atoms with Crippen LogP contribution < -0.4 is 4.72 Å². The van der Waals surface area contributed by atoms with Gasteiger partial charge in [0, 0.05) is 18.9 Å². The molecule has 7 heteroatoms. The van der Waals surface area contributed by atoms with Gasteiger partial charge in [-0.15, -0.1) is 0 Å². The Labute approximate surface area is 130 Å². The summed E-state index contributed by atoms with van der Waals surface area (Å²) in [5, 5.41) is 4.95. The van der Waals surface area contributed by atoms with Crippen LogP contribution >= 0.6 is 15.9 Å². The van der Waals surface area contributed by atoms with Crippen LogP contribution in [-0.4, -0.2) is 30.1 Å². The molecule has 0 aliphatic heterocycles. The lowest BCUT2D eigenvalue weighted by Gasteiger charge is -2.29. The number of halogens is 1. The molecule has 0 aromatic carbocycles. The van der Waals surface area contributed by atoms with Crippen molar-refractivity contribution in [2.75, 3.05) is 11.9 Å². The molecule has 0 spiro atoms. The van der Waals surface area contributed by atoms with Crippen molar-refractivity contribution in [1.29, 1.82) is 0 Å². The first-order valence-corrected chi connectivity index (χ1v) is 9.39. The van der Waals surface area contributed by atoms with Crippen molar-refractivity contribution < 1.29 is 8.42 Å². The molecule has 0 amide bonds. The first kappa shape index (κ1) is 17.7. The third kappa shape index (κ3) is 3.43. The van der Waals surface area contributed by atoms with Crippen molar-refractivity contribution in [2.45, 2.75) is 45.4 Å². The van der Waals surface area contributed by atoms with Crippen molar-refractivity contribution in [3.63, 3.8) is 0 Å². The second-order valence-corrected chi connectivity index (χ2v) is 7.55. The number of rotatable bonds is 7. The highest BCUT2D eigenvalue weighted by molar-refractivity contribution is 9.09. The van der Waals surface area contributed by atoms with E-state index in [-0.39, 0.29) is 5.41 Å². The molecule has 0 atom stereocenters. The van der Waals surface area contributed by atoms with Crippen LogP contribution in [0.2, 0.25) is 0 Å². The number of aromatic nitrogens is 2. The predicted octanol–water partition coefficient (Wildman–Crippen LogP) is 2.52. The summed E-state index contributed by atoms with van der Waals surface area (Å²) in [6.07, 6.45) is 1.84. The fraction of sp³-hybridized carbons (Fsp3) is 0.769. The Kier molecular flexibility index (Phi) is 5.80. The minimum Gasteiger partial charge on any atom is -0.271 e. The van der Waals surface area contributed by atoms with Crippen molar-refractivity contribution in [3.05, 3.63) is 11.4 Å². The fourth-order valence-corrected chi connectivity index (χ4v) is 4.78. The molecule has 116 valence electrons. The average molecular weight is 366 g/mol. The van der Waals surface area contributed by atoms with Crippen LogP contribution in [0.3, 0.4) is 0 Å². The van der Waals surface area contributed by atoms with Gasteiger partial charge in [-0.25, -0.2) is 13.1 Å². The van der Waals surface area contributed by atoms with Gasteiger partial charge in [0.2, 0.25) is 10.0 Å². The van der Waals surface area contributed by atoms with E-state index in [1.807, 2.05) is 0 Å². The van der Waals surface area contributed by atoms with E-state index in [1.165, 1.54) is 0 Å². The molecule has 0 aliphatic rings. The zero-order valence-electron chi connectivity index (χ0n) is 12.8. The van der Waals surface area contributed by atoms with E-state index in [2.05, 4.69) is 39.6 Å². The molecular formula is C13H24BrN3O2S. The zero-order chi connectivity index (χ0) is 15.6. The number of nitrogens with one attached hydrogen (secondary N) is 1. The molecule has 20 heavy (non-hydrogen) atoms. The van der Waals surface area contributed by atoms with Crippen molar-refractivity contribution >= 4 is 26.0 Å². The lowest BCUT2D eigenvalue weighted by molar-refractivity contribution is 0.309. The van der Waals surface area contributed by atoms with E-state index in [4.69, 9.17) is 0 Å². The number of nitrogens with zero attached hydrogens (tertiary/aromatic N) is 2. The maximum atomic E-state index is 12.5. The smallest absolute Gasteiger partial charge is 0.244 e. The van der Waals surface area contributed by atoms with Gasteiger partial charge in [0.25, 0.3) is 0 Å². The highest BCUT2D eigenvalue weighted by atomic mass is 79.9. The van der Waals surface area contributed by atoms with Gasteiger partial charge in [-0.1, -0.05) is 29.8 Å². The SMILES string of the molecule is CCC(CC)(CBr)CNS(=O)(=O)c1c(C)nn(C)c1C. The lowest BCUT2D eigenvalue weighted by Crippen LogP contribution is -2.38. The molecular weight excluding hydrogens is 342 g/mol. The summed E-state index contributed by atoms with van der Waals surface area (Å²) in [5.41, 5.74) is 1.15. The summed E-state index contributed by atoms with van der Waals surface area (Å²) in [6.45, 7) is 8.09. The van der Waals surface area contributed by atoms with Gasteiger partial charge in [-0.2, -0.15) is 5.10 Å². The molecule has 0 saturated heterocycles. The summed E-state index contributed by atoms with van der Waals surface area (Å²) in [6, 6.07) is 0. The molecule has 1 aromatic rings. The van der Waals surface area contributed by atoms with Gasteiger partial charge in [0.1, 0.15) is 4.90 Å². The van der Waals surface area contributed by atoms with E-state index < -0.39 is 10.0 Å². The van der Waals surface area contributed by atoms with E-state index in [1.54, 1.807) is 25.6 Å². The van der Waals surface area contributed by atoms with Gasteiger partial charge >= 0.3 is 0 Å². The molecule has 0 radical (unpaired) electrons. The standard InChI is InChI=1S/C13H24BrN3O2S/c1-6-13(7-2,8-14)9-15-20(18,19)12-10(3)16-17(5)11(12)4/h15H,6-9H2,1-5H3. The maximum absolute atomic E-state index is 12.5. The predicted molar refractivity (Wildman–Crippen MR) is 84.7 cm³/mol. The number of alkyl halides is 1. The Hall–Kier alpha value is -0.400. The van der Waals surface area contributed by atoms with Gasteiger partial charge < -0.3 is 0 Å². The molecule has 0 fully saturated rings. The monoisotopic (exact) mass is 365 g/mol. The Morgan fingerprint density at radius 2 is 1.85 bits per heavy atom. The molecule has 0 aliphatic carbocycles. The summed E-state index contributed by atoms with van der Waals surface area (Å²) in [4.78, 5) is 0.302. The van der Waals surface area contributed by atoms with Crippen LogP contribution in [-0.2, 0) is 17.1 Å². The Morgan fingerprint density at radius 3 is 2.20 bits per heavy atom. The van der Waals surface area contributed by atoms with Gasteiger partial charge in [-0.05, 0) is 32.1 Å². The molecule has 0 unspecified atom stereocenters. The molecule has 1 rings (SSSR count). The topological polar surface area (TPSA) is 64.0 Å². The van der Waals surface area contributed by atoms with Crippen LogP contribution in [0.25, 0.3) is 0 Å². The number of hydrogen-bond acceptors (Lipinski definition) is 3. The maximum Gasteiger partial charge on any atom is 0.244 e. The van der Waals surface area contributed by atoms with E-state index in [0.717, 1.165) is 18.2 Å². The summed E-state index contributed by atoms with van der Waals surface area (Å²) in [5.74, 6) is 0. The van der Waals surface area contributed by atoms with Crippen LogP contribution in [0.5, 0.6) is 0 Å². The summed E-state index contributed by atoms with van der Waals surface area (Å²) in [7, 11) is -1.77. The molecule has 1 heterocycles. The molecule has 0 bridgehead atoms. The first-order valence-electron chi connectivity index (χ1n) is 6.79. The minimum atomic E-state index is -3.52. The molecule has 5 nitrogen and oxygen atoms in total. The van der Waals surface area contributed by atoms with Crippen molar-refractivity contribution in [2.24, 2.45) is 12.5 Å². The van der Waals surface area contributed by atoms with Crippen LogP contribution in [0.15, 0.2) is 4.90 Å². The largest absolute Gasteiger partial charge is 0.271 e. The van der Waals surface area contributed by atoms with Crippen LogP contribution in [0.4, 0.5) is 0 Å². The van der Waals surface area contributed by atoms with Gasteiger partial charge in [-0.3, -0.25) is 4.68 Å². The Morgan fingerprint density at radius 1 is 1.30 bits per heavy atom. The lowest BCUT2D eigenvalue weighted by atomic mass is 9.85. The summed E-state index contributed by atoms with van der Waals surface area (Å²) < 4.78 is 29.4. The highest BCUT2D eigenvalue weighted by Crippen LogP contribution is 2.29. The molecule has 1 aromatic heterocycles. The average Bonchev–Trinajstić information content (AvgIpc) is 2.66. The Bertz CT molecular complexity index is 554. The normalized spacial score (nSPS) is 12.9. The van der Waals surface area contributed by atoms with Crippen LogP contribution in [0.1, 0.15) is 38.1 Å². The number of aryl methyl sites for hydroxylation is 2. The second kappa shape index (κ2) is 6.58. The van der Waals surface area contributed by atoms with E-state index in [9.17, 15) is 8.42 Å². The van der Waals surface area contributed by atoms with E-state index in [0.29, 0.717) is 22.8 Å². The minimum absolute atomic E-state index is 0.0446. The Balaban J connectivity index is 3.02. The zero-order valence-corrected chi connectivity index (χ0v) is 15.2.